The zero-order chi connectivity index (χ0) is 11.7. The third-order valence-electron chi connectivity index (χ3n) is 2.08. The number of hydrogen-bond donors (Lipinski definition) is 0. The molecular weight excluding hydrogens is 190 g/mol. The van der Waals surface area contributed by atoms with Gasteiger partial charge in [-0.05, 0) is 25.8 Å². The van der Waals surface area contributed by atoms with E-state index in [1.807, 2.05) is 6.79 Å². The van der Waals surface area contributed by atoms with E-state index in [1.165, 1.54) is 11.1 Å². The average Bonchev–Trinajstić information content (AvgIpc) is 2.20. The highest BCUT2D eigenvalue weighted by Gasteiger charge is 2.05. The lowest BCUT2D eigenvalue weighted by atomic mass is 10.1. The molecule has 15 heavy (non-hydrogen) atoms. The van der Waals surface area contributed by atoms with Gasteiger partial charge < -0.3 is 14.5 Å². The van der Waals surface area contributed by atoms with E-state index in [1.54, 1.807) is 0 Å². The van der Waals surface area contributed by atoms with Crippen molar-refractivity contribution in [3.63, 3.8) is 0 Å². The average molecular weight is 209 g/mol. The maximum Gasteiger partial charge on any atom is 0.120 e. The van der Waals surface area contributed by atoms with E-state index in [2.05, 4.69) is 31.0 Å². The molecule has 0 aromatic carbocycles. The second-order valence-corrected chi connectivity index (χ2v) is 3.64. The maximum atomic E-state index is 10.1. The molecule has 0 amide bonds. The molecule has 0 saturated carbocycles. The Morgan fingerprint density at radius 2 is 2.13 bits per heavy atom. The van der Waals surface area contributed by atoms with E-state index < -0.39 is 0 Å². The molecular formula is C12H19NO2. The Morgan fingerprint density at radius 3 is 2.67 bits per heavy atom. The Hall–Kier alpha value is -1.38. The second-order valence-electron chi connectivity index (χ2n) is 3.64. The van der Waals surface area contributed by atoms with E-state index in [9.17, 15) is 4.79 Å². The van der Waals surface area contributed by atoms with Gasteiger partial charge in [0.05, 0.1) is 0 Å². The second kappa shape index (κ2) is 7.97. The maximum absolute atomic E-state index is 10.1. The number of aldehydes is 1. The third kappa shape index (κ3) is 5.83. The lowest BCUT2D eigenvalue weighted by Crippen LogP contribution is -2.23. The number of carbonyl (C=O) groups excluding carboxylic acids is 2. The predicted molar refractivity (Wildman–Crippen MR) is 61.5 cm³/mol. The monoisotopic (exact) mass is 209 g/mol. The molecule has 0 N–H and O–H groups in total. The van der Waals surface area contributed by atoms with Crippen LogP contribution >= 0.6 is 0 Å². The highest BCUT2D eigenvalue weighted by Crippen LogP contribution is 2.12. The summed E-state index contributed by atoms with van der Waals surface area (Å²) in [4.78, 5) is 20.4. The van der Waals surface area contributed by atoms with Crippen LogP contribution in [0.25, 0.3) is 0 Å². The Morgan fingerprint density at radius 1 is 1.47 bits per heavy atom. The fourth-order valence-electron chi connectivity index (χ4n) is 1.65. The van der Waals surface area contributed by atoms with Crippen molar-refractivity contribution in [2.24, 2.45) is 0 Å². The molecule has 3 nitrogen and oxygen atoms in total. The Kier molecular flexibility index (Phi) is 7.24. The molecule has 3 heteroatoms. The van der Waals surface area contributed by atoms with Crippen LogP contribution in [0, 0.1) is 0 Å². The van der Waals surface area contributed by atoms with Gasteiger partial charge in [-0.2, -0.15) is 0 Å². The van der Waals surface area contributed by atoms with Gasteiger partial charge in [0.1, 0.15) is 13.1 Å². The SMILES string of the molecule is C=O.CC1=CN(CCCC=O)CC(C)=C1. The first-order valence-corrected chi connectivity index (χ1v) is 5.04. The third-order valence-corrected chi connectivity index (χ3v) is 2.08. The zero-order valence-electron chi connectivity index (χ0n) is 9.53. The van der Waals surface area contributed by atoms with E-state index in [0.29, 0.717) is 6.42 Å². The Bertz CT molecular complexity index is 256. The lowest BCUT2D eigenvalue weighted by molar-refractivity contribution is -0.108. The van der Waals surface area contributed by atoms with Gasteiger partial charge in [-0.3, -0.25) is 0 Å². The Balaban J connectivity index is 0.000000921. The Labute approximate surface area is 91.5 Å². The van der Waals surface area contributed by atoms with Crippen LogP contribution in [0.4, 0.5) is 0 Å². The van der Waals surface area contributed by atoms with Crippen LogP contribution in [0.15, 0.2) is 23.4 Å². The number of unbranched alkanes of at least 4 members (excludes halogenated alkanes) is 1. The normalized spacial score (nSPS) is 14.7. The van der Waals surface area contributed by atoms with Crippen LogP contribution in [0.1, 0.15) is 26.7 Å². The van der Waals surface area contributed by atoms with Crippen LogP contribution in [-0.2, 0) is 9.59 Å². The number of nitrogens with zero attached hydrogens (tertiary/aromatic N) is 1. The molecule has 1 rings (SSSR count). The van der Waals surface area contributed by atoms with Crippen molar-refractivity contribution in [3.05, 3.63) is 23.4 Å². The van der Waals surface area contributed by atoms with Crippen LogP contribution < -0.4 is 0 Å². The molecule has 1 aliphatic heterocycles. The molecule has 0 aliphatic carbocycles. The molecule has 84 valence electrons. The first-order valence-electron chi connectivity index (χ1n) is 5.04. The minimum atomic E-state index is 0.673. The van der Waals surface area contributed by atoms with Crippen molar-refractivity contribution in [3.8, 4) is 0 Å². The molecule has 0 unspecified atom stereocenters. The smallest absolute Gasteiger partial charge is 0.120 e. The van der Waals surface area contributed by atoms with E-state index in [4.69, 9.17) is 4.79 Å². The summed E-state index contributed by atoms with van der Waals surface area (Å²) in [5.74, 6) is 0. The molecule has 0 atom stereocenters. The molecule has 0 fully saturated rings. The van der Waals surface area contributed by atoms with Gasteiger partial charge in [0.25, 0.3) is 0 Å². The van der Waals surface area contributed by atoms with E-state index >= 15 is 0 Å². The summed E-state index contributed by atoms with van der Waals surface area (Å²) in [6, 6.07) is 0. The summed E-state index contributed by atoms with van der Waals surface area (Å²) >= 11 is 0. The number of hydrogen-bond acceptors (Lipinski definition) is 3. The van der Waals surface area contributed by atoms with Crippen LogP contribution in [0.2, 0.25) is 0 Å². The van der Waals surface area contributed by atoms with Crippen LogP contribution in [0.3, 0.4) is 0 Å². The molecule has 1 aliphatic rings. The van der Waals surface area contributed by atoms with Crippen molar-refractivity contribution < 1.29 is 9.59 Å². The van der Waals surface area contributed by atoms with Crippen LogP contribution in [-0.4, -0.2) is 31.1 Å². The molecule has 0 bridgehead atoms. The minimum Gasteiger partial charge on any atom is -0.373 e. The van der Waals surface area contributed by atoms with Crippen molar-refractivity contribution >= 4 is 13.1 Å². The van der Waals surface area contributed by atoms with Gasteiger partial charge in [-0.25, -0.2) is 0 Å². The number of carbonyl (C=O) groups is 2. The fourth-order valence-corrected chi connectivity index (χ4v) is 1.65. The largest absolute Gasteiger partial charge is 0.373 e. The molecule has 0 radical (unpaired) electrons. The topological polar surface area (TPSA) is 37.4 Å². The quantitative estimate of drug-likeness (QED) is 0.524. The molecule has 0 spiro atoms. The van der Waals surface area contributed by atoms with Gasteiger partial charge in [-0.1, -0.05) is 11.6 Å². The minimum absolute atomic E-state index is 0.673. The van der Waals surface area contributed by atoms with Crippen molar-refractivity contribution in [1.82, 2.24) is 4.90 Å². The van der Waals surface area contributed by atoms with Gasteiger partial charge >= 0.3 is 0 Å². The molecule has 0 aromatic rings. The molecule has 1 heterocycles. The van der Waals surface area contributed by atoms with Gasteiger partial charge in [0.2, 0.25) is 0 Å². The highest BCUT2D eigenvalue weighted by molar-refractivity contribution is 5.49. The van der Waals surface area contributed by atoms with Crippen molar-refractivity contribution in [2.45, 2.75) is 26.7 Å². The standard InChI is InChI=1S/C11H17NO.CH2O/c1-10-7-11(2)9-12(8-10)5-3-4-6-13;1-2/h6-8H,3-5,9H2,1-2H3;1H2. The lowest BCUT2D eigenvalue weighted by Gasteiger charge is -2.24. The molecule has 0 saturated heterocycles. The van der Waals surface area contributed by atoms with Gasteiger partial charge in [0, 0.05) is 25.7 Å². The van der Waals surface area contributed by atoms with Gasteiger partial charge in [0.15, 0.2) is 0 Å². The van der Waals surface area contributed by atoms with Crippen molar-refractivity contribution in [2.75, 3.05) is 13.1 Å². The van der Waals surface area contributed by atoms with Gasteiger partial charge in [-0.15, -0.1) is 0 Å². The van der Waals surface area contributed by atoms with Crippen LogP contribution in [0.5, 0.6) is 0 Å². The number of allylic oxidation sites excluding steroid dienone is 2. The zero-order valence-corrected chi connectivity index (χ0v) is 9.53. The summed E-state index contributed by atoms with van der Waals surface area (Å²) in [7, 11) is 0. The first-order chi connectivity index (χ1) is 7.22. The first kappa shape index (κ1) is 13.6. The summed E-state index contributed by atoms with van der Waals surface area (Å²) in [5.41, 5.74) is 2.70. The van der Waals surface area contributed by atoms with Crippen molar-refractivity contribution in [1.29, 1.82) is 0 Å². The van der Waals surface area contributed by atoms with E-state index in [0.717, 1.165) is 25.8 Å². The highest BCUT2D eigenvalue weighted by atomic mass is 16.1. The summed E-state index contributed by atoms with van der Waals surface area (Å²) in [6.45, 7) is 8.25. The predicted octanol–water partition coefficient (Wildman–Crippen LogP) is 1.95. The summed E-state index contributed by atoms with van der Waals surface area (Å²) in [5, 5.41) is 0. The fraction of sp³-hybridized carbons (Fsp3) is 0.500. The summed E-state index contributed by atoms with van der Waals surface area (Å²) < 4.78 is 0. The van der Waals surface area contributed by atoms with E-state index in [-0.39, 0.29) is 0 Å². The molecule has 0 aromatic heterocycles. The summed E-state index contributed by atoms with van der Waals surface area (Å²) in [6.07, 6.45) is 6.99. The number of rotatable bonds is 4.